The molecule has 5 N–H and O–H groups in total. The first kappa shape index (κ1) is 15.0. The molecule has 23 heavy (non-hydrogen) atoms. The zero-order valence-corrected chi connectivity index (χ0v) is 12.4. The number of hydrogen-bond donors (Lipinski definition) is 5. The first-order chi connectivity index (χ1) is 10.8. The van der Waals surface area contributed by atoms with Crippen LogP contribution in [0.5, 0.6) is 17.2 Å². The summed E-state index contributed by atoms with van der Waals surface area (Å²) in [6.45, 7) is 0. The van der Waals surface area contributed by atoms with E-state index in [4.69, 9.17) is 0 Å². The lowest BCUT2D eigenvalue weighted by Crippen LogP contribution is -2.13. The SMILES string of the molecule is O=C(Nc1ccc(O)c2c1CS(=O)(=O)N2)c1ccc(O)c(O)c1. The second-order valence-corrected chi connectivity index (χ2v) is 6.73. The molecule has 0 aliphatic carbocycles. The van der Waals surface area contributed by atoms with Crippen molar-refractivity contribution < 1.29 is 28.5 Å². The number of amides is 1. The number of carbonyl (C=O) groups is 1. The Kier molecular flexibility index (Phi) is 3.29. The van der Waals surface area contributed by atoms with Gasteiger partial charge in [-0.25, -0.2) is 8.42 Å². The maximum absolute atomic E-state index is 12.2. The van der Waals surface area contributed by atoms with Gasteiger partial charge in [-0.1, -0.05) is 0 Å². The lowest BCUT2D eigenvalue weighted by molar-refractivity contribution is 0.102. The van der Waals surface area contributed by atoms with E-state index in [1.54, 1.807) is 0 Å². The van der Waals surface area contributed by atoms with Gasteiger partial charge in [-0.2, -0.15) is 0 Å². The summed E-state index contributed by atoms with van der Waals surface area (Å²) in [5.41, 5.74) is 0.595. The molecule has 2 aromatic carbocycles. The van der Waals surface area contributed by atoms with Crippen LogP contribution in [0.25, 0.3) is 0 Å². The van der Waals surface area contributed by atoms with Gasteiger partial charge in [-0.15, -0.1) is 0 Å². The fourth-order valence-electron chi connectivity index (χ4n) is 2.26. The van der Waals surface area contributed by atoms with Gasteiger partial charge in [0.05, 0.1) is 11.4 Å². The summed E-state index contributed by atoms with van der Waals surface area (Å²) in [7, 11) is -3.60. The first-order valence-corrected chi connectivity index (χ1v) is 8.11. The van der Waals surface area contributed by atoms with Gasteiger partial charge in [0.15, 0.2) is 11.5 Å². The molecular formula is C14H12N2O6S. The van der Waals surface area contributed by atoms with Crippen LogP contribution in [0.2, 0.25) is 0 Å². The number of sulfonamides is 1. The Balaban J connectivity index is 1.94. The van der Waals surface area contributed by atoms with Crippen LogP contribution in [0.1, 0.15) is 15.9 Å². The van der Waals surface area contributed by atoms with Crippen LogP contribution in [0.4, 0.5) is 11.4 Å². The molecule has 0 spiro atoms. The van der Waals surface area contributed by atoms with E-state index in [1.807, 2.05) is 0 Å². The zero-order valence-electron chi connectivity index (χ0n) is 11.6. The number of rotatable bonds is 2. The molecule has 9 heteroatoms. The van der Waals surface area contributed by atoms with Crippen LogP contribution in [0.3, 0.4) is 0 Å². The highest BCUT2D eigenvalue weighted by Gasteiger charge is 2.29. The Bertz CT molecular complexity index is 923. The fourth-order valence-corrected chi connectivity index (χ4v) is 3.55. The van der Waals surface area contributed by atoms with Crippen molar-refractivity contribution in [2.75, 3.05) is 10.0 Å². The number of hydrogen-bond acceptors (Lipinski definition) is 6. The smallest absolute Gasteiger partial charge is 0.255 e. The number of nitrogens with one attached hydrogen (secondary N) is 2. The van der Waals surface area contributed by atoms with Crippen LogP contribution in [-0.2, 0) is 15.8 Å². The topological polar surface area (TPSA) is 136 Å². The van der Waals surface area contributed by atoms with Gasteiger partial charge < -0.3 is 20.6 Å². The zero-order chi connectivity index (χ0) is 16.8. The van der Waals surface area contributed by atoms with Crippen molar-refractivity contribution in [1.82, 2.24) is 0 Å². The van der Waals surface area contributed by atoms with Crippen molar-refractivity contribution in [3.63, 3.8) is 0 Å². The summed E-state index contributed by atoms with van der Waals surface area (Å²) in [6.07, 6.45) is 0. The van der Waals surface area contributed by atoms with Crippen LogP contribution < -0.4 is 10.0 Å². The molecule has 120 valence electrons. The van der Waals surface area contributed by atoms with Gasteiger partial charge in [0, 0.05) is 16.8 Å². The van der Waals surface area contributed by atoms with Crippen molar-refractivity contribution in [1.29, 1.82) is 0 Å². The van der Waals surface area contributed by atoms with E-state index in [0.717, 1.165) is 12.1 Å². The molecule has 1 amide bonds. The minimum atomic E-state index is -3.60. The number of fused-ring (bicyclic) bond motifs is 1. The number of benzene rings is 2. The van der Waals surface area contributed by atoms with Gasteiger partial charge in [-0.05, 0) is 30.3 Å². The van der Waals surface area contributed by atoms with E-state index in [1.165, 1.54) is 18.2 Å². The molecule has 0 unspecified atom stereocenters. The number of aromatic hydroxyl groups is 3. The van der Waals surface area contributed by atoms with Gasteiger partial charge in [-0.3, -0.25) is 9.52 Å². The minimum Gasteiger partial charge on any atom is -0.506 e. The fraction of sp³-hybridized carbons (Fsp3) is 0.0714. The van der Waals surface area contributed by atoms with Crippen molar-refractivity contribution in [3.05, 3.63) is 41.5 Å². The summed E-state index contributed by atoms with van der Waals surface area (Å²) >= 11 is 0. The molecule has 0 radical (unpaired) electrons. The van der Waals surface area contributed by atoms with Crippen LogP contribution in [0, 0.1) is 0 Å². The molecule has 1 aliphatic heterocycles. The Morgan fingerprint density at radius 1 is 1.04 bits per heavy atom. The summed E-state index contributed by atoms with van der Waals surface area (Å²) in [6, 6.07) is 6.20. The number of carbonyl (C=O) groups excluding carboxylic acids is 1. The van der Waals surface area contributed by atoms with E-state index >= 15 is 0 Å². The molecule has 0 saturated heterocycles. The third kappa shape index (κ3) is 2.73. The standard InChI is InChI=1S/C14H12N2O6S/c17-10-3-1-7(5-12(10)19)14(20)15-9-2-4-11(18)13-8(9)6-23(21,22)16-13/h1-5,16-19H,6H2,(H,15,20). The molecule has 2 aromatic rings. The van der Waals surface area contributed by atoms with Gasteiger partial charge >= 0.3 is 0 Å². The normalized spacial score (nSPS) is 14.8. The summed E-state index contributed by atoms with van der Waals surface area (Å²) in [4.78, 5) is 12.2. The highest BCUT2D eigenvalue weighted by molar-refractivity contribution is 7.92. The monoisotopic (exact) mass is 336 g/mol. The predicted octanol–water partition coefficient (Wildman–Crippen LogP) is 1.31. The average Bonchev–Trinajstić information content (AvgIpc) is 2.81. The van der Waals surface area contributed by atoms with Crippen molar-refractivity contribution in [2.24, 2.45) is 0 Å². The highest BCUT2D eigenvalue weighted by atomic mass is 32.2. The molecule has 0 aromatic heterocycles. The summed E-state index contributed by atoms with van der Waals surface area (Å²) in [5, 5.41) is 30.9. The van der Waals surface area contributed by atoms with E-state index < -0.39 is 21.7 Å². The van der Waals surface area contributed by atoms with Crippen LogP contribution in [0.15, 0.2) is 30.3 Å². The predicted molar refractivity (Wildman–Crippen MR) is 82.1 cm³/mol. The number of phenolic OH excluding ortho intramolecular Hbond substituents is 3. The van der Waals surface area contributed by atoms with Crippen LogP contribution in [-0.4, -0.2) is 29.6 Å². The largest absolute Gasteiger partial charge is 0.506 e. The first-order valence-electron chi connectivity index (χ1n) is 6.45. The maximum atomic E-state index is 12.2. The van der Waals surface area contributed by atoms with Crippen molar-refractivity contribution in [3.8, 4) is 17.2 Å². The molecule has 3 rings (SSSR count). The van der Waals surface area contributed by atoms with Crippen LogP contribution >= 0.6 is 0 Å². The molecule has 0 saturated carbocycles. The summed E-state index contributed by atoms with van der Waals surface area (Å²) in [5.74, 6) is -2.01. The molecule has 0 atom stereocenters. The Morgan fingerprint density at radius 3 is 2.43 bits per heavy atom. The van der Waals surface area contributed by atoms with Gasteiger partial charge in [0.25, 0.3) is 5.91 Å². The quantitative estimate of drug-likeness (QED) is 0.414. The molecule has 8 nitrogen and oxygen atoms in total. The van der Waals surface area contributed by atoms with E-state index in [-0.39, 0.29) is 39.8 Å². The second kappa shape index (κ2) is 5.06. The molecular weight excluding hydrogens is 324 g/mol. The van der Waals surface area contributed by atoms with Crippen molar-refractivity contribution >= 4 is 27.3 Å². The third-order valence-corrected chi connectivity index (χ3v) is 4.55. The molecule has 1 aliphatic rings. The lowest BCUT2D eigenvalue weighted by atomic mass is 10.1. The number of phenols is 3. The van der Waals surface area contributed by atoms with Gasteiger partial charge in [0.2, 0.25) is 10.0 Å². The van der Waals surface area contributed by atoms with E-state index in [9.17, 15) is 28.5 Å². The Morgan fingerprint density at radius 2 is 1.74 bits per heavy atom. The average molecular weight is 336 g/mol. The highest BCUT2D eigenvalue weighted by Crippen LogP contribution is 2.40. The van der Waals surface area contributed by atoms with E-state index in [0.29, 0.717) is 0 Å². The number of anilines is 2. The third-order valence-electron chi connectivity index (χ3n) is 3.37. The Hall–Kier alpha value is -2.94. The Labute approximate surface area is 131 Å². The molecule has 0 bridgehead atoms. The van der Waals surface area contributed by atoms with E-state index in [2.05, 4.69) is 10.0 Å². The second-order valence-electron chi connectivity index (χ2n) is 5.00. The summed E-state index contributed by atoms with van der Waals surface area (Å²) < 4.78 is 25.5. The van der Waals surface area contributed by atoms with Crippen molar-refractivity contribution in [2.45, 2.75) is 5.75 Å². The molecule has 1 heterocycles. The van der Waals surface area contributed by atoms with Gasteiger partial charge in [0.1, 0.15) is 5.75 Å². The molecule has 0 fully saturated rings. The minimum absolute atomic E-state index is 0.0383. The lowest BCUT2D eigenvalue weighted by Gasteiger charge is -2.10. The maximum Gasteiger partial charge on any atom is 0.255 e.